The van der Waals surface area contributed by atoms with Crippen molar-refractivity contribution in [3.8, 4) is 16.9 Å². The maximum atomic E-state index is 9.50. The van der Waals surface area contributed by atoms with Gasteiger partial charge in [0.1, 0.15) is 11.9 Å². The van der Waals surface area contributed by atoms with Gasteiger partial charge in [-0.3, -0.25) is 4.98 Å². The van der Waals surface area contributed by atoms with Crippen LogP contribution in [0.25, 0.3) is 21.3 Å². The summed E-state index contributed by atoms with van der Waals surface area (Å²) in [7, 11) is 0. The fourth-order valence-electron chi connectivity index (χ4n) is 3.80. The molecule has 2 heterocycles. The number of benzene rings is 1. The van der Waals surface area contributed by atoms with Crippen LogP contribution in [0.5, 0.6) is 5.75 Å². The van der Waals surface area contributed by atoms with E-state index < -0.39 is 0 Å². The molecule has 1 fully saturated rings. The van der Waals surface area contributed by atoms with Crippen molar-refractivity contribution in [2.24, 2.45) is 5.92 Å². The Morgan fingerprint density at radius 1 is 1.27 bits per heavy atom. The number of pyridine rings is 1. The van der Waals surface area contributed by atoms with Crippen molar-refractivity contribution in [3.05, 3.63) is 45.9 Å². The Morgan fingerprint density at radius 2 is 2.12 bits per heavy atom. The van der Waals surface area contributed by atoms with Crippen LogP contribution < -0.4 is 4.74 Å². The van der Waals surface area contributed by atoms with E-state index in [4.69, 9.17) is 16.3 Å². The second-order valence-electron chi connectivity index (χ2n) is 7.11. The minimum atomic E-state index is 0.0258. The lowest BCUT2D eigenvalue weighted by Crippen LogP contribution is -2.19. The molecule has 5 heteroatoms. The van der Waals surface area contributed by atoms with Gasteiger partial charge in [0.25, 0.3) is 0 Å². The van der Waals surface area contributed by atoms with Crippen LogP contribution in [0.4, 0.5) is 0 Å². The summed E-state index contributed by atoms with van der Waals surface area (Å²) in [5, 5.41) is 10.2. The highest BCUT2D eigenvalue weighted by Crippen LogP contribution is 2.43. The van der Waals surface area contributed by atoms with Crippen molar-refractivity contribution < 1.29 is 9.84 Å². The smallest absolute Gasteiger partial charge is 0.130 e. The number of hydrogen-bond donors (Lipinski definition) is 1. The van der Waals surface area contributed by atoms with Gasteiger partial charge >= 0.3 is 0 Å². The standard InChI is InChI=1S/C21H22ClNO2S/c1-12-4-3-5-19(12)25-20-13(2)8-14(22)9-17(20)16-6-7-23-18-10-15(11-24)26-21(16)18/h6-10,12,19,24H,3-5,11H2,1-2H3/t12-,19-/m1/s1. The van der Waals surface area contributed by atoms with E-state index >= 15 is 0 Å². The number of aryl methyl sites for hydroxylation is 1. The summed E-state index contributed by atoms with van der Waals surface area (Å²) in [6.07, 6.45) is 5.60. The van der Waals surface area contributed by atoms with Gasteiger partial charge in [0, 0.05) is 27.2 Å². The average molecular weight is 388 g/mol. The number of hydrogen-bond acceptors (Lipinski definition) is 4. The van der Waals surface area contributed by atoms with Gasteiger partial charge in [0.15, 0.2) is 0 Å². The molecule has 2 atom stereocenters. The van der Waals surface area contributed by atoms with E-state index in [0.29, 0.717) is 10.9 Å². The first-order valence-electron chi connectivity index (χ1n) is 9.02. The van der Waals surface area contributed by atoms with Gasteiger partial charge in [-0.1, -0.05) is 18.5 Å². The number of aliphatic hydroxyl groups is 1. The summed E-state index contributed by atoms with van der Waals surface area (Å²) in [4.78, 5) is 5.36. The molecule has 0 saturated heterocycles. The first-order valence-corrected chi connectivity index (χ1v) is 10.2. The molecule has 0 unspecified atom stereocenters. The predicted molar refractivity (Wildman–Crippen MR) is 108 cm³/mol. The number of nitrogens with zero attached hydrogens (tertiary/aromatic N) is 1. The van der Waals surface area contributed by atoms with Crippen molar-refractivity contribution in [2.45, 2.75) is 45.8 Å². The molecule has 3 aromatic rings. The zero-order chi connectivity index (χ0) is 18.3. The van der Waals surface area contributed by atoms with Gasteiger partial charge in [-0.05, 0) is 61.9 Å². The zero-order valence-corrected chi connectivity index (χ0v) is 16.5. The molecule has 1 saturated carbocycles. The molecule has 4 rings (SSSR count). The van der Waals surface area contributed by atoms with Crippen molar-refractivity contribution in [2.75, 3.05) is 0 Å². The fraction of sp³-hybridized carbons (Fsp3) is 0.381. The van der Waals surface area contributed by atoms with E-state index in [1.807, 2.05) is 30.5 Å². The summed E-state index contributed by atoms with van der Waals surface area (Å²) in [6.45, 7) is 4.34. The number of aliphatic hydroxyl groups excluding tert-OH is 1. The topological polar surface area (TPSA) is 42.4 Å². The van der Waals surface area contributed by atoms with E-state index in [1.54, 1.807) is 11.3 Å². The van der Waals surface area contributed by atoms with Gasteiger partial charge in [-0.2, -0.15) is 0 Å². The Balaban J connectivity index is 1.87. The van der Waals surface area contributed by atoms with Crippen LogP contribution >= 0.6 is 22.9 Å². The van der Waals surface area contributed by atoms with Crippen LogP contribution in [-0.2, 0) is 6.61 Å². The number of rotatable bonds is 4. The third kappa shape index (κ3) is 3.22. The molecule has 26 heavy (non-hydrogen) atoms. The normalized spacial score (nSPS) is 20.0. The second-order valence-corrected chi connectivity index (χ2v) is 8.68. The van der Waals surface area contributed by atoms with Gasteiger partial charge in [0.05, 0.1) is 16.8 Å². The SMILES string of the molecule is Cc1cc(Cl)cc(-c2ccnc3cc(CO)sc23)c1O[C@@H]1CCC[C@H]1C. The molecule has 0 radical (unpaired) electrons. The maximum Gasteiger partial charge on any atom is 0.130 e. The van der Waals surface area contributed by atoms with E-state index in [-0.39, 0.29) is 12.7 Å². The molecular formula is C21H22ClNO2S. The summed E-state index contributed by atoms with van der Waals surface area (Å²) < 4.78 is 7.58. The number of halogens is 1. The largest absolute Gasteiger partial charge is 0.489 e. The Hall–Kier alpha value is -1.62. The van der Waals surface area contributed by atoms with Gasteiger partial charge in [-0.25, -0.2) is 0 Å². The van der Waals surface area contributed by atoms with Crippen LogP contribution in [0.15, 0.2) is 30.5 Å². The molecule has 3 nitrogen and oxygen atoms in total. The summed E-state index contributed by atoms with van der Waals surface area (Å²) in [5.74, 6) is 1.48. The molecule has 0 amide bonds. The number of ether oxygens (including phenoxy) is 1. The lowest BCUT2D eigenvalue weighted by atomic mass is 10.0. The first-order chi connectivity index (χ1) is 12.6. The minimum Gasteiger partial charge on any atom is -0.489 e. The van der Waals surface area contributed by atoms with Crippen molar-refractivity contribution >= 4 is 33.2 Å². The van der Waals surface area contributed by atoms with Crippen LogP contribution in [0, 0.1) is 12.8 Å². The summed E-state index contributed by atoms with van der Waals surface area (Å²) >= 11 is 7.96. The Bertz CT molecular complexity index is 953. The molecule has 1 N–H and O–H groups in total. The quantitative estimate of drug-likeness (QED) is 0.598. The van der Waals surface area contributed by atoms with E-state index in [1.165, 1.54) is 12.8 Å². The van der Waals surface area contributed by atoms with Crippen molar-refractivity contribution in [3.63, 3.8) is 0 Å². The van der Waals surface area contributed by atoms with Gasteiger partial charge in [-0.15, -0.1) is 11.3 Å². The van der Waals surface area contributed by atoms with E-state index in [0.717, 1.165) is 44.0 Å². The number of aromatic nitrogens is 1. The molecule has 136 valence electrons. The first kappa shape index (κ1) is 17.8. The van der Waals surface area contributed by atoms with Crippen molar-refractivity contribution in [1.82, 2.24) is 4.98 Å². The molecular weight excluding hydrogens is 366 g/mol. The van der Waals surface area contributed by atoms with E-state index in [9.17, 15) is 5.11 Å². The molecule has 1 aliphatic rings. The zero-order valence-electron chi connectivity index (χ0n) is 15.0. The minimum absolute atomic E-state index is 0.0258. The monoisotopic (exact) mass is 387 g/mol. The fourth-order valence-corrected chi connectivity index (χ4v) is 5.08. The number of fused-ring (bicyclic) bond motifs is 1. The van der Waals surface area contributed by atoms with Gasteiger partial charge in [0.2, 0.25) is 0 Å². The van der Waals surface area contributed by atoms with Crippen LogP contribution in [0.2, 0.25) is 5.02 Å². The highest BCUT2D eigenvalue weighted by atomic mass is 35.5. The Kier molecular flexibility index (Phi) is 4.91. The van der Waals surface area contributed by atoms with Crippen molar-refractivity contribution in [1.29, 1.82) is 0 Å². The Morgan fingerprint density at radius 3 is 2.85 bits per heavy atom. The molecule has 0 spiro atoms. The van der Waals surface area contributed by atoms with Crippen LogP contribution in [0.1, 0.15) is 36.6 Å². The van der Waals surface area contributed by atoms with Crippen LogP contribution in [0.3, 0.4) is 0 Å². The molecule has 2 aromatic heterocycles. The average Bonchev–Trinajstić information content (AvgIpc) is 3.22. The van der Waals surface area contributed by atoms with Crippen LogP contribution in [-0.4, -0.2) is 16.2 Å². The van der Waals surface area contributed by atoms with E-state index in [2.05, 4.69) is 18.8 Å². The maximum absolute atomic E-state index is 9.50. The lowest BCUT2D eigenvalue weighted by molar-refractivity contribution is 0.167. The molecule has 0 bridgehead atoms. The van der Waals surface area contributed by atoms with Gasteiger partial charge < -0.3 is 9.84 Å². The molecule has 1 aromatic carbocycles. The number of thiophene rings is 1. The lowest BCUT2D eigenvalue weighted by Gasteiger charge is -2.22. The third-order valence-corrected chi connectivity index (χ3v) is 6.56. The molecule has 1 aliphatic carbocycles. The Labute approximate surface area is 162 Å². The molecule has 0 aliphatic heterocycles. The second kappa shape index (κ2) is 7.18. The summed E-state index contributed by atoms with van der Waals surface area (Å²) in [6, 6.07) is 7.90. The third-order valence-electron chi connectivity index (χ3n) is 5.20. The highest BCUT2D eigenvalue weighted by molar-refractivity contribution is 7.19. The highest BCUT2D eigenvalue weighted by Gasteiger charge is 2.27. The summed E-state index contributed by atoms with van der Waals surface area (Å²) in [5.41, 5.74) is 4.02. The predicted octanol–water partition coefficient (Wildman–Crippen LogP) is 5.98.